The number of carbonyl (C=O) groups excluding carboxylic acids is 1. The maximum atomic E-state index is 13.9. The van der Waals surface area contributed by atoms with Crippen LogP contribution in [0.3, 0.4) is 0 Å². The summed E-state index contributed by atoms with van der Waals surface area (Å²) >= 11 is 0. The summed E-state index contributed by atoms with van der Waals surface area (Å²) in [6.45, 7) is 0. The van der Waals surface area contributed by atoms with Crippen molar-refractivity contribution >= 4 is 5.91 Å². The number of methoxy groups -OCH3 is 1. The van der Waals surface area contributed by atoms with Gasteiger partial charge in [-0.05, 0) is 37.8 Å². The number of nitrogens with one attached hydrogen (secondary N) is 1. The molecule has 19 heavy (non-hydrogen) atoms. The molecule has 0 aliphatic heterocycles. The molecule has 1 aromatic rings. The molecule has 4 nitrogen and oxygen atoms in total. The van der Waals surface area contributed by atoms with Gasteiger partial charge in [0.2, 0.25) is 0 Å². The lowest BCUT2D eigenvalue weighted by molar-refractivity contribution is 0.0863. The van der Waals surface area contributed by atoms with Crippen LogP contribution in [0.4, 0.5) is 4.39 Å². The fourth-order valence-electron chi connectivity index (χ4n) is 2.33. The molecule has 0 bridgehead atoms. The first-order valence-electron chi connectivity index (χ1n) is 6.43. The van der Waals surface area contributed by atoms with Gasteiger partial charge in [-0.3, -0.25) is 4.79 Å². The van der Waals surface area contributed by atoms with Gasteiger partial charge in [0, 0.05) is 6.04 Å². The van der Waals surface area contributed by atoms with Crippen LogP contribution in [-0.2, 0) is 0 Å². The van der Waals surface area contributed by atoms with E-state index in [1.54, 1.807) is 6.07 Å². The Balaban J connectivity index is 2.04. The highest BCUT2D eigenvalue weighted by Gasteiger charge is 2.23. The average Bonchev–Trinajstić information content (AvgIpc) is 2.41. The monoisotopic (exact) mass is 267 g/mol. The highest BCUT2D eigenvalue weighted by atomic mass is 19.1. The van der Waals surface area contributed by atoms with Crippen LogP contribution in [0.2, 0.25) is 0 Å². The second-order valence-corrected chi connectivity index (χ2v) is 4.80. The first-order chi connectivity index (χ1) is 9.11. The molecule has 2 rings (SSSR count). The lowest BCUT2D eigenvalue weighted by atomic mass is 9.93. The Morgan fingerprint density at radius 1 is 1.37 bits per heavy atom. The van der Waals surface area contributed by atoms with Gasteiger partial charge in [-0.2, -0.15) is 0 Å². The maximum Gasteiger partial charge on any atom is 0.254 e. The molecule has 0 aromatic heterocycles. The van der Waals surface area contributed by atoms with Gasteiger partial charge in [0.05, 0.1) is 18.8 Å². The predicted octanol–water partition coefficient (Wildman–Crippen LogP) is 1.87. The highest BCUT2D eigenvalue weighted by Crippen LogP contribution is 2.22. The summed E-state index contributed by atoms with van der Waals surface area (Å²) in [6, 6.07) is 4.50. The van der Waals surface area contributed by atoms with E-state index in [2.05, 4.69) is 5.32 Å². The lowest BCUT2D eigenvalue weighted by Crippen LogP contribution is -2.38. The van der Waals surface area contributed by atoms with Crippen molar-refractivity contribution in [3.05, 3.63) is 29.6 Å². The molecule has 1 amide bonds. The summed E-state index contributed by atoms with van der Waals surface area (Å²) < 4.78 is 18.8. The van der Waals surface area contributed by atoms with Crippen molar-refractivity contribution in [3.8, 4) is 5.75 Å². The van der Waals surface area contributed by atoms with E-state index in [0.29, 0.717) is 12.8 Å². The van der Waals surface area contributed by atoms with Gasteiger partial charge in [0.1, 0.15) is 0 Å². The molecule has 5 heteroatoms. The number of ether oxygens (including phenoxy) is 1. The minimum atomic E-state index is -0.640. The molecule has 1 saturated carbocycles. The van der Waals surface area contributed by atoms with E-state index in [1.165, 1.54) is 19.2 Å². The standard InChI is InChI=1S/C14H18FNO3/c1-19-12-4-2-3-11(13(12)15)14(18)16-9-5-7-10(17)8-6-9/h2-4,9-10,17H,5-8H2,1H3,(H,16,18). The first-order valence-corrected chi connectivity index (χ1v) is 6.43. The number of aliphatic hydroxyl groups excluding tert-OH is 1. The molecule has 1 aliphatic rings. The lowest BCUT2D eigenvalue weighted by Gasteiger charge is -2.26. The Labute approximate surface area is 111 Å². The van der Waals surface area contributed by atoms with Crippen LogP contribution in [-0.4, -0.2) is 30.3 Å². The van der Waals surface area contributed by atoms with Crippen molar-refractivity contribution < 1.29 is 19.0 Å². The van der Waals surface area contributed by atoms with Gasteiger partial charge >= 0.3 is 0 Å². The van der Waals surface area contributed by atoms with Crippen molar-refractivity contribution in [1.29, 1.82) is 0 Å². The molecular weight excluding hydrogens is 249 g/mol. The third-order valence-electron chi connectivity index (χ3n) is 3.46. The molecule has 1 fully saturated rings. The van der Waals surface area contributed by atoms with Crippen LogP contribution < -0.4 is 10.1 Å². The number of amides is 1. The van der Waals surface area contributed by atoms with Crippen molar-refractivity contribution in [3.63, 3.8) is 0 Å². The van der Waals surface area contributed by atoms with Gasteiger partial charge in [0.25, 0.3) is 5.91 Å². The quantitative estimate of drug-likeness (QED) is 0.879. The second kappa shape index (κ2) is 6.02. The van der Waals surface area contributed by atoms with Crippen molar-refractivity contribution in [2.75, 3.05) is 7.11 Å². The van der Waals surface area contributed by atoms with E-state index in [9.17, 15) is 14.3 Å². The fourth-order valence-corrected chi connectivity index (χ4v) is 2.33. The Hall–Kier alpha value is -1.62. The van der Waals surface area contributed by atoms with Crippen molar-refractivity contribution in [2.24, 2.45) is 0 Å². The van der Waals surface area contributed by atoms with E-state index in [1.807, 2.05) is 0 Å². The number of aliphatic hydroxyl groups is 1. The summed E-state index contributed by atoms with van der Waals surface area (Å²) in [5.41, 5.74) is -0.00882. The minimum Gasteiger partial charge on any atom is -0.494 e. The third kappa shape index (κ3) is 3.23. The Kier molecular flexibility index (Phi) is 4.37. The summed E-state index contributed by atoms with van der Waals surface area (Å²) in [6.07, 6.45) is 2.51. The molecule has 0 radical (unpaired) electrons. The van der Waals surface area contributed by atoms with Crippen LogP contribution >= 0.6 is 0 Å². The van der Waals surface area contributed by atoms with Gasteiger partial charge in [-0.1, -0.05) is 6.07 Å². The molecule has 0 atom stereocenters. The van der Waals surface area contributed by atoms with Crippen LogP contribution in [0.5, 0.6) is 5.75 Å². The number of hydrogen-bond donors (Lipinski definition) is 2. The summed E-state index contributed by atoms with van der Waals surface area (Å²) in [7, 11) is 1.36. The number of carbonyl (C=O) groups is 1. The van der Waals surface area contributed by atoms with Crippen molar-refractivity contribution in [1.82, 2.24) is 5.32 Å². The number of halogens is 1. The van der Waals surface area contributed by atoms with Gasteiger partial charge in [-0.15, -0.1) is 0 Å². The number of hydrogen-bond acceptors (Lipinski definition) is 3. The highest BCUT2D eigenvalue weighted by molar-refractivity contribution is 5.95. The van der Waals surface area contributed by atoms with E-state index < -0.39 is 11.7 Å². The average molecular weight is 267 g/mol. The Morgan fingerprint density at radius 3 is 2.68 bits per heavy atom. The van der Waals surface area contributed by atoms with Crippen molar-refractivity contribution in [2.45, 2.75) is 37.8 Å². The van der Waals surface area contributed by atoms with Crippen LogP contribution in [0, 0.1) is 5.82 Å². The van der Waals surface area contributed by atoms with E-state index in [4.69, 9.17) is 4.74 Å². The number of rotatable bonds is 3. The topological polar surface area (TPSA) is 58.6 Å². The fraction of sp³-hybridized carbons (Fsp3) is 0.500. The summed E-state index contributed by atoms with van der Waals surface area (Å²) in [5.74, 6) is -1.01. The zero-order valence-corrected chi connectivity index (χ0v) is 10.9. The SMILES string of the molecule is COc1cccc(C(=O)NC2CCC(O)CC2)c1F. The maximum absolute atomic E-state index is 13.9. The molecule has 0 saturated heterocycles. The second-order valence-electron chi connectivity index (χ2n) is 4.80. The summed E-state index contributed by atoms with van der Waals surface area (Å²) in [4.78, 5) is 12.0. The molecule has 1 aliphatic carbocycles. The zero-order chi connectivity index (χ0) is 13.8. The van der Waals surface area contributed by atoms with E-state index in [-0.39, 0.29) is 23.5 Å². The molecule has 0 spiro atoms. The smallest absolute Gasteiger partial charge is 0.254 e. The zero-order valence-electron chi connectivity index (χ0n) is 10.9. The normalized spacial score (nSPS) is 22.9. The van der Waals surface area contributed by atoms with E-state index in [0.717, 1.165) is 12.8 Å². The molecule has 0 unspecified atom stereocenters. The third-order valence-corrected chi connectivity index (χ3v) is 3.46. The van der Waals surface area contributed by atoms with E-state index >= 15 is 0 Å². The molecule has 104 valence electrons. The predicted molar refractivity (Wildman–Crippen MR) is 68.7 cm³/mol. The molecular formula is C14H18FNO3. The molecule has 1 aromatic carbocycles. The first kappa shape index (κ1) is 13.8. The van der Waals surface area contributed by atoms with Crippen LogP contribution in [0.1, 0.15) is 36.0 Å². The van der Waals surface area contributed by atoms with Gasteiger partial charge in [-0.25, -0.2) is 4.39 Å². The van der Waals surface area contributed by atoms with Gasteiger partial charge in [0.15, 0.2) is 11.6 Å². The minimum absolute atomic E-state index is 0.00139. The Morgan fingerprint density at radius 2 is 2.05 bits per heavy atom. The molecule has 0 heterocycles. The number of benzene rings is 1. The summed E-state index contributed by atoms with van der Waals surface area (Å²) in [5, 5.41) is 12.2. The van der Waals surface area contributed by atoms with Crippen LogP contribution in [0.15, 0.2) is 18.2 Å². The largest absolute Gasteiger partial charge is 0.494 e. The molecule has 2 N–H and O–H groups in total. The Bertz CT molecular complexity index is 456. The van der Waals surface area contributed by atoms with Crippen LogP contribution in [0.25, 0.3) is 0 Å². The van der Waals surface area contributed by atoms with Gasteiger partial charge < -0.3 is 15.2 Å².